The first-order chi connectivity index (χ1) is 7.22. The van der Waals surface area contributed by atoms with E-state index < -0.39 is 7.12 Å². The van der Waals surface area contributed by atoms with Crippen molar-refractivity contribution in [2.24, 2.45) is 0 Å². The Bertz CT molecular complexity index is 465. The molecule has 4 heteroatoms. The van der Waals surface area contributed by atoms with Gasteiger partial charge in [-0.1, -0.05) is 19.1 Å². The van der Waals surface area contributed by atoms with E-state index in [1.807, 2.05) is 24.4 Å². The Morgan fingerprint density at radius 3 is 2.73 bits per heavy atom. The third kappa shape index (κ3) is 1.91. The van der Waals surface area contributed by atoms with Gasteiger partial charge in [0, 0.05) is 18.3 Å². The molecule has 2 aromatic rings. The molecular formula is C11H14BNO2. The second-order valence-electron chi connectivity index (χ2n) is 3.70. The van der Waals surface area contributed by atoms with Crippen LogP contribution in [0.1, 0.15) is 13.3 Å². The molecule has 0 aliphatic rings. The lowest BCUT2D eigenvalue weighted by Crippen LogP contribution is -2.29. The Hall–Kier alpha value is -1.26. The topological polar surface area (TPSA) is 45.4 Å². The van der Waals surface area contributed by atoms with Crippen LogP contribution in [0.25, 0.3) is 10.9 Å². The summed E-state index contributed by atoms with van der Waals surface area (Å²) in [6, 6.07) is 7.49. The molecule has 2 rings (SSSR count). The zero-order chi connectivity index (χ0) is 10.8. The van der Waals surface area contributed by atoms with Gasteiger partial charge in [0.2, 0.25) is 0 Å². The van der Waals surface area contributed by atoms with Crippen LogP contribution in [0, 0.1) is 0 Å². The Morgan fingerprint density at radius 2 is 2.07 bits per heavy atom. The fourth-order valence-electron chi connectivity index (χ4n) is 1.82. The molecule has 78 valence electrons. The minimum absolute atomic E-state index is 0.539. The molecule has 0 amide bonds. The van der Waals surface area contributed by atoms with Gasteiger partial charge in [-0.15, -0.1) is 0 Å². The predicted octanol–water partition coefficient (Wildman–Crippen LogP) is 0.731. The van der Waals surface area contributed by atoms with Gasteiger partial charge < -0.3 is 14.6 Å². The monoisotopic (exact) mass is 203 g/mol. The van der Waals surface area contributed by atoms with E-state index in [0.29, 0.717) is 5.46 Å². The van der Waals surface area contributed by atoms with Gasteiger partial charge >= 0.3 is 7.12 Å². The Morgan fingerprint density at radius 1 is 1.27 bits per heavy atom. The molecule has 0 bridgehead atoms. The van der Waals surface area contributed by atoms with E-state index in [9.17, 15) is 0 Å². The van der Waals surface area contributed by atoms with E-state index in [-0.39, 0.29) is 0 Å². The molecule has 0 spiro atoms. The summed E-state index contributed by atoms with van der Waals surface area (Å²) in [4.78, 5) is 0. The summed E-state index contributed by atoms with van der Waals surface area (Å²) >= 11 is 0. The number of hydrogen-bond donors (Lipinski definition) is 2. The van der Waals surface area contributed by atoms with Gasteiger partial charge in [0.25, 0.3) is 0 Å². The van der Waals surface area contributed by atoms with Crippen LogP contribution in [0.2, 0.25) is 0 Å². The molecule has 0 unspecified atom stereocenters. The molecule has 0 saturated carbocycles. The van der Waals surface area contributed by atoms with Crippen molar-refractivity contribution in [3.8, 4) is 0 Å². The molecule has 1 aromatic heterocycles. The van der Waals surface area contributed by atoms with Crippen LogP contribution < -0.4 is 5.46 Å². The van der Waals surface area contributed by atoms with Crippen LogP contribution in [0.15, 0.2) is 30.5 Å². The zero-order valence-electron chi connectivity index (χ0n) is 8.72. The van der Waals surface area contributed by atoms with E-state index in [0.717, 1.165) is 23.9 Å². The number of hydrogen-bond acceptors (Lipinski definition) is 2. The summed E-state index contributed by atoms with van der Waals surface area (Å²) in [7, 11) is -1.39. The third-order valence-corrected chi connectivity index (χ3v) is 2.56. The van der Waals surface area contributed by atoms with E-state index in [1.165, 1.54) is 0 Å². The van der Waals surface area contributed by atoms with Crippen LogP contribution in [0.4, 0.5) is 0 Å². The maximum Gasteiger partial charge on any atom is 0.488 e. The summed E-state index contributed by atoms with van der Waals surface area (Å²) < 4.78 is 2.17. The van der Waals surface area contributed by atoms with Crippen molar-refractivity contribution in [1.82, 2.24) is 4.57 Å². The van der Waals surface area contributed by atoms with Gasteiger partial charge in [0.05, 0.1) is 0 Å². The molecule has 0 saturated heterocycles. The van der Waals surface area contributed by atoms with E-state index in [1.54, 1.807) is 6.07 Å². The zero-order valence-corrected chi connectivity index (χ0v) is 8.72. The van der Waals surface area contributed by atoms with Crippen LogP contribution in [-0.4, -0.2) is 21.7 Å². The van der Waals surface area contributed by atoms with Crippen molar-refractivity contribution in [2.45, 2.75) is 19.9 Å². The summed E-state index contributed by atoms with van der Waals surface area (Å²) in [5, 5.41) is 19.1. The molecule has 2 N–H and O–H groups in total. The van der Waals surface area contributed by atoms with E-state index >= 15 is 0 Å². The van der Waals surface area contributed by atoms with E-state index in [4.69, 9.17) is 10.0 Å². The lowest BCUT2D eigenvalue weighted by molar-refractivity contribution is 0.426. The number of rotatable bonds is 3. The average molecular weight is 203 g/mol. The third-order valence-electron chi connectivity index (χ3n) is 2.56. The van der Waals surface area contributed by atoms with Gasteiger partial charge in [-0.3, -0.25) is 0 Å². The summed E-state index contributed by atoms with van der Waals surface area (Å²) in [6.45, 7) is 3.13. The summed E-state index contributed by atoms with van der Waals surface area (Å²) in [5.74, 6) is 0. The van der Waals surface area contributed by atoms with Gasteiger partial charge in [0.15, 0.2) is 0 Å². The van der Waals surface area contributed by atoms with Gasteiger partial charge in [-0.05, 0) is 29.4 Å². The molecular weight excluding hydrogens is 189 g/mol. The van der Waals surface area contributed by atoms with Crippen molar-refractivity contribution >= 4 is 23.5 Å². The number of aromatic nitrogens is 1. The highest BCUT2D eigenvalue weighted by Gasteiger charge is 2.11. The largest absolute Gasteiger partial charge is 0.488 e. The Kier molecular flexibility index (Phi) is 2.80. The molecule has 3 nitrogen and oxygen atoms in total. The molecule has 1 heterocycles. The van der Waals surface area contributed by atoms with Gasteiger partial charge in [0.1, 0.15) is 0 Å². The minimum Gasteiger partial charge on any atom is -0.423 e. The molecule has 15 heavy (non-hydrogen) atoms. The van der Waals surface area contributed by atoms with Gasteiger partial charge in [-0.2, -0.15) is 0 Å². The fourth-order valence-corrected chi connectivity index (χ4v) is 1.82. The second kappa shape index (κ2) is 4.09. The van der Waals surface area contributed by atoms with E-state index in [2.05, 4.69) is 11.5 Å². The first-order valence-corrected chi connectivity index (χ1v) is 5.17. The predicted molar refractivity (Wildman–Crippen MR) is 62.1 cm³/mol. The fraction of sp³-hybridized carbons (Fsp3) is 0.273. The maximum atomic E-state index is 9.04. The second-order valence-corrected chi connectivity index (χ2v) is 3.70. The lowest BCUT2D eigenvalue weighted by Gasteiger charge is -2.04. The lowest BCUT2D eigenvalue weighted by atomic mass is 9.80. The van der Waals surface area contributed by atoms with Crippen LogP contribution in [0.3, 0.4) is 0 Å². The quantitative estimate of drug-likeness (QED) is 0.722. The minimum atomic E-state index is -1.39. The molecule has 0 aliphatic carbocycles. The van der Waals surface area contributed by atoms with Crippen LogP contribution in [0.5, 0.6) is 0 Å². The molecule has 0 fully saturated rings. The van der Waals surface area contributed by atoms with Crippen LogP contribution in [-0.2, 0) is 6.54 Å². The Balaban J connectivity index is 2.47. The highest BCUT2D eigenvalue weighted by Crippen LogP contribution is 2.14. The highest BCUT2D eigenvalue weighted by molar-refractivity contribution is 6.58. The van der Waals surface area contributed by atoms with Crippen molar-refractivity contribution in [2.75, 3.05) is 0 Å². The molecule has 0 aliphatic heterocycles. The normalized spacial score (nSPS) is 10.9. The summed E-state index contributed by atoms with van der Waals surface area (Å²) in [5.41, 5.74) is 1.68. The maximum absolute atomic E-state index is 9.04. The average Bonchev–Trinajstić information content (AvgIpc) is 2.61. The SMILES string of the molecule is CCCn1ccc2cc(B(O)O)ccc21. The number of aryl methyl sites for hydroxylation is 1. The van der Waals surface area contributed by atoms with Crippen molar-refractivity contribution in [1.29, 1.82) is 0 Å². The van der Waals surface area contributed by atoms with Crippen LogP contribution >= 0.6 is 0 Å². The molecule has 0 atom stereocenters. The van der Waals surface area contributed by atoms with Crippen molar-refractivity contribution in [3.05, 3.63) is 30.5 Å². The molecule has 0 radical (unpaired) electrons. The molecule has 1 aromatic carbocycles. The number of benzene rings is 1. The standard InChI is InChI=1S/C11H14BNO2/c1-2-6-13-7-5-9-8-10(12(14)15)3-4-11(9)13/h3-5,7-8,14-15H,2,6H2,1H3. The first-order valence-electron chi connectivity index (χ1n) is 5.17. The number of nitrogens with zero attached hydrogens (tertiary/aromatic N) is 1. The Labute approximate surface area is 89.1 Å². The smallest absolute Gasteiger partial charge is 0.423 e. The van der Waals surface area contributed by atoms with Gasteiger partial charge in [-0.25, -0.2) is 0 Å². The first kappa shape index (κ1) is 10.3. The summed E-state index contributed by atoms with van der Waals surface area (Å²) in [6.07, 6.45) is 3.12. The highest BCUT2D eigenvalue weighted by atomic mass is 16.4. The van der Waals surface area contributed by atoms with Crippen molar-refractivity contribution < 1.29 is 10.0 Å². The number of fused-ring (bicyclic) bond motifs is 1. The van der Waals surface area contributed by atoms with Crippen molar-refractivity contribution in [3.63, 3.8) is 0 Å².